The van der Waals surface area contributed by atoms with Crippen LogP contribution in [-0.2, 0) is 0 Å². The van der Waals surface area contributed by atoms with Crippen LogP contribution in [0.5, 0.6) is 0 Å². The monoisotopic (exact) mass is 297 g/mol. The van der Waals surface area contributed by atoms with Crippen LogP contribution in [0.15, 0.2) is 30.3 Å². The number of carbonyl (C=O) groups is 1. The molecule has 2 N–H and O–H groups in total. The quantitative estimate of drug-likeness (QED) is 0.841. The Morgan fingerprint density at radius 2 is 2.18 bits per heavy atom. The van der Waals surface area contributed by atoms with Gasteiger partial charge in [-0.25, -0.2) is 9.80 Å². The van der Waals surface area contributed by atoms with E-state index in [-0.39, 0.29) is 6.54 Å². The predicted molar refractivity (Wildman–Crippen MR) is 80.9 cm³/mol. The molecule has 2 rings (SSSR count). The van der Waals surface area contributed by atoms with Crippen LogP contribution in [0.3, 0.4) is 0 Å². The molecule has 0 aliphatic carbocycles. The van der Waals surface area contributed by atoms with Crippen molar-refractivity contribution in [2.75, 3.05) is 12.0 Å². The van der Waals surface area contributed by atoms with Gasteiger partial charge >= 0.3 is 6.09 Å². The number of nitrogens with one attached hydrogen (secondary N) is 1. The van der Waals surface area contributed by atoms with Crippen LogP contribution < -0.4 is 5.43 Å². The van der Waals surface area contributed by atoms with Gasteiger partial charge in [-0.3, -0.25) is 5.43 Å². The van der Waals surface area contributed by atoms with Crippen molar-refractivity contribution in [1.82, 2.24) is 15.2 Å². The van der Waals surface area contributed by atoms with Crippen LogP contribution in [0.25, 0.3) is 11.3 Å². The Balaban J connectivity index is 2.30. The molecule has 112 valence electrons. The maximum Gasteiger partial charge on any atom is 0.426 e. The van der Waals surface area contributed by atoms with E-state index in [1.54, 1.807) is 31.2 Å². The second kappa shape index (κ2) is 6.54. The lowest BCUT2D eigenvalue weighted by molar-refractivity contribution is 0.157. The van der Waals surface area contributed by atoms with Crippen molar-refractivity contribution >= 4 is 11.9 Å². The van der Waals surface area contributed by atoms with E-state index < -0.39 is 6.09 Å². The van der Waals surface area contributed by atoms with Crippen molar-refractivity contribution in [1.29, 1.82) is 5.26 Å². The summed E-state index contributed by atoms with van der Waals surface area (Å²) in [4.78, 5) is 11.0. The average Bonchev–Trinajstić information content (AvgIpc) is 2.52. The van der Waals surface area contributed by atoms with Crippen LogP contribution in [0.2, 0.25) is 0 Å². The van der Waals surface area contributed by atoms with Crippen molar-refractivity contribution in [2.45, 2.75) is 13.8 Å². The van der Waals surface area contributed by atoms with E-state index in [2.05, 4.69) is 21.7 Å². The maximum absolute atomic E-state index is 11.0. The van der Waals surface area contributed by atoms with Crippen LogP contribution in [0.4, 0.5) is 10.6 Å². The molecule has 0 atom stereocenters. The third-order valence-electron chi connectivity index (χ3n) is 3.05. The number of aromatic nitrogens is 2. The van der Waals surface area contributed by atoms with E-state index in [1.165, 1.54) is 0 Å². The third-order valence-corrected chi connectivity index (χ3v) is 3.05. The van der Waals surface area contributed by atoms with Crippen LogP contribution in [-0.4, -0.2) is 33.0 Å². The summed E-state index contributed by atoms with van der Waals surface area (Å²) in [6.07, 6.45) is -1.09. The van der Waals surface area contributed by atoms with E-state index in [0.717, 1.165) is 16.1 Å². The molecule has 1 aromatic heterocycles. The molecule has 7 nitrogen and oxygen atoms in total. The zero-order chi connectivity index (χ0) is 16.1. The number of aryl methyl sites for hydroxylation is 1. The molecule has 0 spiro atoms. The fraction of sp³-hybridized carbons (Fsp3) is 0.200. The van der Waals surface area contributed by atoms with Gasteiger partial charge < -0.3 is 5.11 Å². The van der Waals surface area contributed by atoms with Crippen LogP contribution >= 0.6 is 0 Å². The number of hydrazine groups is 1. The van der Waals surface area contributed by atoms with E-state index in [9.17, 15) is 4.79 Å². The van der Waals surface area contributed by atoms with Gasteiger partial charge in [0.2, 0.25) is 0 Å². The van der Waals surface area contributed by atoms with Gasteiger partial charge in [-0.15, -0.1) is 10.2 Å². The van der Waals surface area contributed by atoms with Gasteiger partial charge in [0.1, 0.15) is 0 Å². The lowest BCUT2D eigenvalue weighted by atomic mass is 10.1. The first kappa shape index (κ1) is 15.3. The van der Waals surface area contributed by atoms with E-state index >= 15 is 0 Å². The molecule has 0 fully saturated rings. The molecule has 0 bridgehead atoms. The Morgan fingerprint density at radius 1 is 1.41 bits per heavy atom. The number of nitrogens with zero attached hydrogens (tertiary/aromatic N) is 4. The maximum atomic E-state index is 11.0. The number of benzene rings is 1. The fourth-order valence-corrected chi connectivity index (χ4v) is 1.96. The van der Waals surface area contributed by atoms with Crippen molar-refractivity contribution in [3.05, 3.63) is 41.5 Å². The van der Waals surface area contributed by atoms with Crippen LogP contribution in [0.1, 0.15) is 18.1 Å². The second-order valence-electron chi connectivity index (χ2n) is 4.59. The topological polar surface area (TPSA) is 102 Å². The van der Waals surface area contributed by atoms with Gasteiger partial charge in [0.15, 0.2) is 5.82 Å². The van der Waals surface area contributed by atoms with Gasteiger partial charge in [0, 0.05) is 12.1 Å². The predicted octanol–water partition coefficient (Wildman–Crippen LogP) is 2.65. The van der Waals surface area contributed by atoms with Gasteiger partial charge in [0.25, 0.3) is 0 Å². The first-order chi connectivity index (χ1) is 10.5. The molecule has 0 saturated heterocycles. The summed E-state index contributed by atoms with van der Waals surface area (Å²) in [5.74, 6) is 0.349. The summed E-state index contributed by atoms with van der Waals surface area (Å²) in [5, 5.41) is 27.1. The lowest BCUT2D eigenvalue weighted by Crippen LogP contribution is -2.35. The number of rotatable bonds is 4. The molecule has 7 heteroatoms. The zero-order valence-corrected chi connectivity index (χ0v) is 12.2. The molecule has 2 aromatic rings. The van der Waals surface area contributed by atoms with Crippen molar-refractivity contribution in [3.63, 3.8) is 0 Å². The molecule has 1 aromatic carbocycles. The molecule has 22 heavy (non-hydrogen) atoms. The average molecular weight is 297 g/mol. The highest BCUT2D eigenvalue weighted by Crippen LogP contribution is 2.22. The van der Waals surface area contributed by atoms with Crippen molar-refractivity contribution in [2.24, 2.45) is 0 Å². The Morgan fingerprint density at radius 3 is 2.77 bits per heavy atom. The Labute approximate surface area is 127 Å². The first-order valence-electron chi connectivity index (χ1n) is 6.67. The minimum atomic E-state index is -1.09. The highest BCUT2D eigenvalue weighted by Gasteiger charge is 2.12. The summed E-state index contributed by atoms with van der Waals surface area (Å²) >= 11 is 0. The number of carboxylic acid groups (broad SMARTS) is 1. The first-order valence-corrected chi connectivity index (χ1v) is 6.67. The van der Waals surface area contributed by atoms with Gasteiger partial charge in [-0.1, -0.05) is 12.1 Å². The number of hydrogen-bond acceptors (Lipinski definition) is 5. The third kappa shape index (κ3) is 3.30. The van der Waals surface area contributed by atoms with E-state index in [0.29, 0.717) is 17.1 Å². The van der Waals surface area contributed by atoms with Crippen molar-refractivity contribution < 1.29 is 9.90 Å². The van der Waals surface area contributed by atoms with E-state index in [1.807, 2.05) is 13.0 Å². The number of hydrogen-bond donors (Lipinski definition) is 2. The highest BCUT2D eigenvalue weighted by atomic mass is 16.4. The molecule has 1 amide bonds. The molecular weight excluding hydrogens is 282 g/mol. The minimum Gasteiger partial charge on any atom is -0.464 e. The molecule has 0 saturated carbocycles. The summed E-state index contributed by atoms with van der Waals surface area (Å²) in [6, 6.07) is 10.9. The van der Waals surface area contributed by atoms with Crippen LogP contribution in [0, 0.1) is 18.3 Å². The highest BCUT2D eigenvalue weighted by molar-refractivity contribution is 5.68. The lowest BCUT2D eigenvalue weighted by Gasteiger charge is -2.18. The number of nitriles is 1. The summed E-state index contributed by atoms with van der Waals surface area (Å²) in [7, 11) is 0. The summed E-state index contributed by atoms with van der Waals surface area (Å²) in [5.41, 5.74) is 5.50. The molecule has 0 unspecified atom stereocenters. The molecule has 0 aliphatic rings. The van der Waals surface area contributed by atoms with Gasteiger partial charge in [0.05, 0.1) is 17.3 Å². The fourth-order valence-electron chi connectivity index (χ4n) is 1.96. The van der Waals surface area contributed by atoms with E-state index in [4.69, 9.17) is 10.4 Å². The molecular formula is C15H15N5O2. The summed E-state index contributed by atoms with van der Waals surface area (Å²) in [6.45, 7) is 3.84. The molecule has 0 aliphatic heterocycles. The molecule has 0 radical (unpaired) electrons. The standard InChI is InChI=1S/C15H15N5O2/c1-3-20(15(21)22)19-13-7-10(2)14(18-17-13)12-6-4-5-11(8-12)9-16/h4-8H,3H2,1-2H3,(H,17,19)(H,21,22). The zero-order valence-electron chi connectivity index (χ0n) is 12.2. The minimum absolute atomic E-state index is 0.280. The SMILES string of the molecule is CCN(Nc1cc(C)c(-c2cccc(C#N)c2)nn1)C(=O)O. The largest absolute Gasteiger partial charge is 0.464 e. The summed E-state index contributed by atoms with van der Waals surface area (Å²) < 4.78 is 0. The van der Waals surface area contributed by atoms with Gasteiger partial charge in [-0.05, 0) is 37.6 Å². The smallest absolute Gasteiger partial charge is 0.426 e. The Hall–Kier alpha value is -3.14. The number of amides is 1. The number of anilines is 1. The normalized spacial score (nSPS) is 9.86. The second-order valence-corrected chi connectivity index (χ2v) is 4.59. The Kier molecular flexibility index (Phi) is 4.53. The van der Waals surface area contributed by atoms with Gasteiger partial charge in [-0.2, -0.15) is 5.26 Å². The Bertz CT molecular complexity index is 739. The molecule has 1 heterocycles. The van der Waals surface area contributed by atoms with Crippen molar-refractivity contribution in [3.8, 4) is 17.3 Å².